The average Bonchev–Trinajstić information content (AvgIpc) is 3.57. The van der Waals surface area contributed by atoms with Crippen LogP contribution in [0, 0.1) is 12.7 Å². The van der Waals surface area contributed by atoms with Crippen LogP contribution in [-0.2, 0) is 16.8 Å². The number of pyridine rings is 1. The van der Waals surface area contributed by atoms with Gasteiger partial charge in [0.1, 0.15) is 23.0 Å². The molecule has 37 heavy (non-hydrogen) atoms. The fraction of sp³-hybridized carbons (Fsp3) is 0.333. The fourth-order valence-corrected chi connectivity index (χ4v) is 5.11. The van der Waals surface area contributed by atoms with E-state index in [-0.39, 0.29) is 29.2 Å². The lowest BCUT2D eigenvalue weighted by Crippen LogP contribution is -2.33. The molecule has 1 saturated heterocycles. The number of benzene rings is 1. The Hall–Kier alpha value is -4.21. The van der Waals surface area contributed by atoms with E-state index < -0.39 is 11.2 Å². The molecule has 4 aromatic rings. The Balaban J connectivity index is 1.55. The Kier molecular flexibility index (Phi) is 5.29. The third-order valence-corrected chi connectivity index (χ3v) is 7.28. The second kappa shape index (κ2) is 8.43. The number of hydrogen-bond acceptors (Lipinski definition) is 6. The van der Waals surface area contributed by atoms with Crippen molar-refractivity contribution in [2.45, 2.75) is 45.6 Å². The Labute approximate surface area is 212 Å². The van der Waals surface area contributed by atoms with Crippen molar-refractivity contribution in [1.29, 1.82) is 0 Å². The van der Waals surface area contributed by atoms with E-state index in [1.807, 2.05) is 31.2 Å². The number of aryl methyl sites for hydroxylation is 1. The maximum Gasteiger partial charge on any atom is 0.273 e. The summed E-state index contributed by atoms with van der Waals surface area (Å²) in [5.74, 6) is -0.594. The van der Waals surface area contributed by atoms with Gasteiger partial charge < -0.3 is 10.2 Å². The summed E-state index contributed by atoms with van der Waals surface area (Å²) in [5, 5.41) is 7.98. The highest BCUT2D eigenvalue weighted by Gasteiger charge is 2.45. The van der Waals surface area contributed by atoms with E-state index in [2.05, 4.69) is 20.3 Å². The van der Waals surface area contributed by atoms with E-state index in [1.54, 1.807) is 23.4 Å². The molecule has 2 aliphatic rings. The summed E-state index contributed by atoms with van der Waals surface area (Å²) in [4.78, 5) is 41.8. The van der Waals surface area contributed by atoms with Crippen molar-refractivity contribution < 1.29 is 14.0 Å². The normalized spacial score (nSPS) is 16.3. The van der Waals surface area contributed by atoms with Crippen molar-refractivity contribution in [3.63, 3.8) is 0 Å². The maximum absolute atomic E-state index is 14.4. The van der Waals surface area contributed by atoms with Gasteiger partial charge in [0, 0.05) is 18.7 Å². The average molecular weight is 500 g/mol. The number of carbonyl (C=O) groups excluding carboxylic acids is 2. The molecule has 9 nitrogen and oxygen atoms in total. The molecule has 0 atom stereocenters. The smallest absolute Gasteiger partial charge is 0.273 e. The molecule has 3 aromatic heterocycles. The molecule has 0 spiro atoms. The largest absolute Gasteiger partial charge is 0.337 e. The van der Waals surface area contributed by atoms with Gasteiger partial charge >= 0.3 is 0 Å². The van der Waals surface area contributed by atoms with Crippen LogP contribution in [0.25, 0.3) is 22.6 Å². The lowest BCUT2D eigenvalue weighted by Gasteiger charge is -2.21. The molecular weight excluding hydrogens is 473 g/mol. The number of nitrogens with zero attached hydrogens (tertiary/aromatic N) is 6. The maximum atomic E-state index is 14.4. The van der Waals surface area contributed by atoms with E-state index >= 15 is 0 Å². The zero-order valence-corrected chi connectivity index (χ0v) is 20.9. The number of anilines is 1. The summed E-state index contributed by atoms with van der Waals surface area (Å²) in [5.41, 5.74) is 2.58. The highest BCUT2D eigenvalue weighted by molar-refractivity contribution is 6.09. The predicted octanol–water partition coefficient (Wildman–Crippen LogP) is 3.85. The van der Waals surface area contributed by atoms with Gasteiger partial charge in [0.25, 0.3) is 5.91 Å². The summed E-state index contributed by atoms with van der Waals surface area (Å²) < 4.78 is 16.0. The van der Waals surface area contributed by atoms with E-state index in [0.717, 1.165) is 30.2 Å². The molecule has 188 valence electrons. The summed E-state index contributed by atoms with van der Waals surface area (Å²) in [6.07, 6.45) is 2.99. The van der Waals surface area contributed by atoms with Crippen LogP contribution in [0.3, 0.4) is 0 Å². The lowest BCUT2D eigenvalue weighted by molar-refractivity contribution is -0.119. The molecule has 10 heteroatoms. The molecule has 2 aliphatic heterocycles. The molecule has 0 unspecified atom stereocenters. The lowest BCUT2D eigenvalue weighted by atomic mass is 9.85. The van der Waals surface area contributed by atoms with Crippen LogP contribution < -0.4 is 5.32 Å². The molecule has 1 aromatic carbocycles. The molecule has 0 aliphatic carbocycles. The van der Waals surface area contributed by atoms with E-state index in [1.165, 1.54) is 6.07 Å². The Morgan fingerprint density at radius 2 is 1.92 bits per heavy atom. The van der Waals surface area contributed by atoms with Crippen LogP contribution in [0.1, 0.15) is 53.9 Å². The van der Waals surface area contributed by atoms with Gasteiger partial charge in [0.2, 0.25) is 5.91 Å². The first-order chi connectivity index (χ1) is 17.7. The van der Waals surface area contributed by atoms with Gasteiger partial charge in [-0.25, -0.2) is 24.0 Å². The summed E-state index contributed by atoms with van der Waals surface area (Å²) in [6.45, 7) is 7.21. The fourth-order valence-electron chi connectivity index (χ4n) is 5.11. The van der Waals surface area contributed by atoms with E-state index in [0.29, 0.717) is 41.9 Å². The van der Waals surface area contributed by atoms with Crippen molar-refractivity contribution in [3.8, 4) is 11.5 Å². The van der Waals surface area contributed by atoms with Crippen LogP contribution in [0.4, 0.5) is 10.2 Å². The number of halogens is 1. The van der Waals surface area contributed by atoms with Crippen molar-refractivity contribution >= 4 is 28.7 Å². The quantitative estimate of drug-likeness (QED) is 0.457. The van der Waals surface area contributed by atoms with Gasteiger partial charge in [-0.1, -0.05) is 24.3 Å². The zero-order chi connectivity index (χ0) is 25.9. The number of likely N-dealkylation sites (tertiary alicyclic amines) is 1. The number of carbonyl (C=O) groups is 2. The zero-order valence-electron chi connectivity index (χ0n) is 20.9. The van der Waals surface area contributed by atoms with Crippen LogP contribution in [0.15, 0.2) is 36.5 Å². The molecule has 0 bridgehead atoms. The summed E-state index contributed by atoms with van der Waals surface area (Å²) >= 11 is 0. The standard InChI is InChI=1S/C27H26FN7O2/c1-15-8-4-5-9-16(15)14-35-24-18(12-17(28)13-29-24)20(33-35)23-30-21(25(36)34-10-6-7-11-34)19-22(31-23)32-26(37)27(19,2)3/h4-5,8-9,12-13H,6-7,10-11,14H2,1-3H3,(H,30,31,32,37). The van der Waals surface area contributed by atoms with Gasteiger partial charge in [-0.3, -0.25) is 9.59 Å². The first-order valence-corrected chi connectivity index (χ1v) is 12.3. The highest BCUT2D eigenvalue weighted by atomic mass is 19.1. The van der Waals surface area contributed by atoms with Crippen LogP contribution in [0.2, 0.25) is 0 Å². The number of fused-ring (bicyclic) bond motifs is 2. The van der Waals surface area contributed by atoms with Crippen molar-refractivity contribution in [2.24, 2.45) is 0 Å². The Morgan fingerprint density at radius 3 is 2.68 bits per heavy atom. The van der Waals surface area contributed by atoms with Gasteiger partial charge in [-0.15, -0.1) is 0 Å². The molecule has 6 rings (SSSR count). The Bertz CT molecular complexity index is 1590. The first-order valence-electron chi connectivity index (χ1n) is 12.3. The predicted molar refractivity (Wildman–Crippen MR) is 136 cm³/mol. The number of amides is 2. The molecule has 5 heterocycles. The van der Waals surface area contributed by atoms with Crippen LogP contribution in [0.5, 0.6) is 0 Å². The third kappa shape index (κ3) is 3.75. The highest BCUT2D eigenvalue weighted by Crippen LogP contribution is 2.40. The number of rotatable bonds is 4. The molecule has 1 N–H and O–H groups in total. The van der Waals surface area contributed by atoms with Crippen molar-refractivity contribution in [3.05, 3.63) is 64.7 Å². The minimum atomic E-state index is -0.974. The SMILES string of the molecule is Cc1ccccc1Cn1nc(-c2nc3c(c(C(=O)N4CCCC4)n2)C(C)(C)C(=O)N3)c2cc(F)cnc21. The molecular formula is C27H26FN7O2. The second-order valence-electron chi connectivity index (χ2n) is 10.2. The van der Waals surface area contributed by atoms with Crippen LogP contribution in [-0.4, -0.2) is 54.5 Å². The number of hydrogen-bond donors (Lipinski definition) is 1. The van der Waals surface area contributed by atoms with Gasteiger partial charge in [-0.05, 0) is 50.8 Å². The van der Waals surface area contributed by atoms with Gasteiger partial charge in [0.15, 0.2) is 11.5 Å². The number of aromatic nitrogens is 5. The van der Waals surface area contributed by atoms with Gasteiger partial charge in [0.05, 0.1) is 23.5 Å². The third-order valence-electron chi connectivity index (χ3n) is 7.28. The Morgan fingerprint density at radius 1 is 1.16 bits per heavy atom. The second-order valence-corrected chi connectivity index (χ2v) is 10.2. The summed E-state index contributed by atoms with van der Waals surface area (Å²) in [6, 6.07) is 9.28. The van der Waals surface area contributed by atoms with Crippen molar-refractivity contribution in [1.82, 2.24) is 29.6 Å². The van der Waals surface area contributed by atoms with Gasteiger partial charge in [-0.2, -0.15) is 5.10 Å². The topological polar surface area (TPSA) is 106 Å². The van der Waals surface area contributed by atoms with E-state index in [4.69, 9.17) is 5.10 Å². The molecule has 2 amide bonds. The first kappa shape index (κ1) is 23.2. The van der Waals surface area contributed by atoms with Crippen LogP contribution >= 0.6 is 0 Å². The summed E-state index contributed by atoms with van der Waals surface area (Å²) in [7, 11) is 0. The molecule has 0 saturated carbocycles. The molecule has 0 radical (unpaired) electrons. The number of nitrogens with one attached hydrogen (secondary N) is 1. The van der Waals surface area contributed by atoms with Crippen molar-refractivity contribution in [2.75, 3.05) is 18.4 Å². The molecule has 1 fully saturated rings. The van der Waals surface area contributed by atoms with E-state index in [9.17, 15) is 14.0 Å². The minimum absolute atomic E-state index is 0.139. The minimum Gasteiger partial charge on any atom is -0.337 e. The monoisotopic (exact) mass is 499 g/mol.